The maximum atomic E-state index is 12.6. The molecule has 0 saturated carbocycles. The van der Waals surface area contributed by atoms with E-state index in [0.29, 0.717) is 41.3 Å². The SMILES string of the molecule is CCOc1ccc(S(=O)(=O)Nc2ccc(Oc3cc(-n4cccc4)nc(C)n3)cc2)cc1. The van der Waals surface area contributed by atoms with E-state index in [-0.39, 0.29) is 4.90 Å². The van der Waals surface area contributed by atoms with Crippen molar-refractivity contribution in [3.63, 3.8) is 0 Å². The number of benzene rings is 2. The van der Waals surface area contributed by atoms with Crippen molar-refractivity contribution < 1.29 is 17.9 Å². The minimum absolute atomic E-state index is 0.148. The molecule has 2 aromatic heterocycles. The molecule has 0 aliphatic carbocycles. The van der Waals surface area contributed by atoms with Gasteiger partial charge in [-0.2, -0.15) is 4.98 Å². The van der Waals surface area contributed by atoms with Crippen molar-refractivity contribution in [2.24, 2.45) is 0 Å². The Morgan fingerprint density at radius 2 is 1.59 bits per heavy atom. The van der Waals surface area contributed by atoms with Crippen LogP contribution in [0.4, 0.5) is 5.69 Å². The number of sulfonamides is 1. The summed E-state index contributed by atoms with van der Waals surface area (Å²) < 4.78 is 40.9. The van der Waals surface area contributed by atoms with Crippen LogP contribution in [0.15, 0.2) is 84.0 Å². The summed E-state index contributed by atoms with van der Waals surface area (Å²) in [5.74, 6) is 2.80. The molecule has 0 atom stereocenters. The molecule has 8 nitrogen and oxygen atoms in total. The average molecular weight is 451 g/mol. The molecule has 0 saturated heterocycles. The first-order chi connectivity index (χ1) is 15.4. The number of aromatic nitrogens is 3. The predicted molar refractivity (Wildman–Crippen MR) is 121 cm³/mol. The zero-order valence-corrected chi connectivity index (χ0v) is 18.4. The van der Waals surface area contributed by atoms with Crippen molar-refractivity contribution in [3.05, 3.63) is 84.9 Å². The number of hydrogen-bond donors (Lipinski definition) is 1. The number of aryl methyl sites for hydroxylation is 1. The number of hydrogen-bond acceptors (Lipinski definition) is 6. The minimum atomic E-state index is -3.72. The lowest BCUT2D eigenvalue weighted by Gasteiger charge is -2.11. The Morgan fingerprint density at radius 1 is 0.938 bits per heavy atom. The molecule has 32 heavy (non-hydrogen) atoms. The fourth-order valence-electron chi connectivity index (χ4n) is 3.00. The summed E-state index contributed by atoms with van der Waals surface area (Å²) >= 11 is 0. The van der Waals surface area contributed by atoms with Gasteiger partial charge in [0.2, 0.25) is 5.88 Å². The first kappa shape index (κ1) is 21.4. The Balaban J connectivity index is 1.46. The second-order valence-electron chi connectivity index (χ2n) is 6.84. The summed E-state index contributed by atoms with van der Waals surface area (Å²) in [5.41, 5.74) is 0.415. The van der Waals surface area contributed by atoms with Gasteiger partial charge in [-0.25, -0.2) is 13.4 Å². The molecule has 9 heteroatoms. The van der Waals surface area contributed by atoms with E-state index in [2.05, 4.69) is 14.7 Å². The third-order valence-corrected chi connectivity index (χ3v) is 5.84. The van der Waals surface area contributed by atoms with E-state index < -0.39 is 10.0 Å². The Hall–Kier alpha value is -3.85. The lowest BCUT2D eigenvalue weighted by atomic mass is 10.3. The number of nitrogens with zero attached hydrogens (tertiary/aromatic N) is 3. The fourth-order valence-corrected chi connectivity index (χ4v) is 4.06. The second kappa shape index (κ2) is 9.11. The number of nitrogens with one attached hydrogen (secondary N) is 1. The molecule has 0 amide bonds. The number of ether oxygens (including phenoxy) is 2. The minimum Gasteiger partial charge on any atom is -0.494 e. The van der Waals surface area contributed by atoms with Crippen molar-refractivity contribution >= 4 is 15.7 Å². The van der Waals surface area contributed by atoms with Crippen LogP contribution in [0, 0.1) is 6.92 Å². The Kier molecular flexibility index (Phi) is 6.09. The van der Waals surface area contributed by atoms with Gasteiger partial charge in [0.25, 0.3) is 10.0 Å². The average Bonchev–Trinajstić information content (AvgIpc) is 3.30. The highest BCUT2D eigenvalue weighted by Crippen LogP contribution is 2.25. The monoisotopic (exact) mass is 450 g/mol. The predicted octanol–water partition coefficient (Wildman–Crippen LogP) is 4.57. The van der Waals surface area contributed by atoms with Crippen molar-refractivity contribution in [2.45, 2.75) is 18.7 Å². The van der Waals surface area contributed by atoms with Crippen LogP contribution in [0.25, 0.3) is 5.82 Å². The van der Waals surface area contributed by atoms with Gasteiger partial charge in [-0.3, -0.25) is 4.72 Å². The molecule has 164 valence electrons. The highest BCUT2D eigenvalue weighted by molar-refractivity contribution is 7.92. The van der Waals surface area contributed by atoms with Gasteiger partial charge in [0.05, 0.1) is 11.5 Å². The molecule has 0 bridgehead atoms. The second-order valence-corrected chi connectivity index (χ2v) is 8.52. The molecule has 4 rings (SSSR count). The summed E-state index contributed by atoms with van der Waals surface area (Å²) in [4.78, 5) is 8.86. The molecular formula is C23H22N4O4S. The summed E-state index contributed by atoms with van der Waals surface area (Å²) in [5, 5.41) is 0. The third-order valence-electron chi connectivity index (χ3n) is 4.44. The van der Waals surface area contributed by atoms with Gasteiger partial charge in [-0.1, -0.05) is 0 Å². The summed E-state index contributed by atoms with van der Waals surface area (Å²) in [6.45, 7) is 4.17. The van der Waals surface area contributed by atoms with Gasteiger partial charge >= 0.3 is 0 Å². The van der Waals surface area contributed by atoms with E-state index in [1.807, 2.05) is 36.0 Å². The first-order valence-electron chi connectivity index (χ1n) is 9.95. The Morgan fingerprint density at radius 3 is 2.25 bits per heavy atom. The van der Waals surface area contributed by atoms with E-state index in [1.54, 1.807) is 49.4 Å². The van der Waals surface area contributed by atoms with Gasteiger partial charge in [0.15, 0.2) is 0 Å². The van der Waals surface area contributed by atoms with Crippen LogP contribution in [0.1, 0.15) is 12.7 Å². The van der Waals surface area contributed by atoms with Crippen LogP contribution >= 0.6 is 0 Å². The van der Waals surface area contributed by atoms with Crippen LogP contribution in [-0.4, -0.2) is 29.6 Å². The summed E-state index contributed by atoms with van der Waals surface area (Å²) in [6, 6.07) is 18.4. The Labute approximate surface area is 186 Å². The molecule has 4 aromatic rings. The molecule has 0 radical (unpaired) electrons. The maximum absolute atomic E-state index is 12.6. The quantitative estimate of drug-likeness (QED) is 0.423. The highest BCUT2D eigenvalue weighted by atomic mass is 32.2. The summed E-state index contributed by atoms with van der Waals surface area (Å²) in [6.07, 6.45) is 3.77. The maximum Gasteiger partial charge on any atom is 0.261 e. The van der Waals surface area contributed by atoms with Crippen LogP contribution < -0.4 is 14.2 Å². The van der Waals surface area contributed by atoms with E-state index >= 15 is 0 Å². The van der Waals surface area contributed by atoms with Gasteiger partial charge in [-0.05, 0) is 74.5 Å². The van der Waals surface area contributed by atoms with E-state index in [4.69, 9.17) is 9.47 Å². The van der Waals surface area contributed by atoms with Crippen LogP contribution in [-0.2, 0) is 10.0 Å². The fraction of sp³-hybridized carbons (Fsp3) is 0.130. The molecule has 0 unspecified atom stereocenters. The van der Waals surface area contributed by atoms with Gasteiger partial charge in [0.1, 0.15) is 23.1 Å². The van der Waals surface area contributed by atoms with Gasteiger partial charge < -0.3 is 14.0 Å². The molecular weight excluding hydrogens is 428 g/mol. The van der Waals surface area contributed by atoms with E-state index in [9.17, 15) is 8.42 Å². The van der Waals surface area contributed by atoms with Crippen molar-refractivity contribution in [2.75, 3.05) is 11.3 Å². The molecule has 2 aromatic carbocycles. The standard InChI is InChI=1S/C23H22N4O4S/c1-3-30-19-10-12-21(13-11-19)32(28,29)26-18-6-8-20(9-7-18)31-23-16-22(24-17(2)25-23)27-14-4-5-15-27/h4-16,26H,3H2,1-2H3. The molecule has 2 heterocycles. The number of anilines is 1. The van der Waals surface area contributed by atoms with Gasteiger partial charge in [-0.15, -0.1) is 0 Å². The molecule has 0 aliphatic heterocycles. The number of rotatable bonds is 8. The van der Waals surface area contributed by atoms with Crippen LogP contribution in [0.5, 0.6) is 17.4 Å². The van der Waals surface area contributed by atoms with Crippen LogP contribution in [0.3, 0.4) is 0 Å². The van der Waals surface area contributed by atoms with Crippen molar-refractivity contribution in [3.8, 4) is 23.2 Å². The van der Waals surface area contributed by atoms with Crippen LogP contribution in [0.2, 0.25) is 0 Å². The van der Waals surface area contributed by atoms with Crippen molar-refractivity contribution in [1.29, 1.82) is 0 Å². The topological polar surface area (TPSA) is 95.3 Å². The van der Waals surface area contributed by atoms with E-state index in [1.165, 1.54) is 12.1 Å². The molecule has 0 fully saturated rings. The molecule has 0 aliphatic rings. The van der Waals surface area contributed by atoms with E-state index in [0.717, 1.165) is 0 Å². The smallest absolute Gasteiger partial charge is 0.261 e. The van der Waals surface area contributed by atoms with Crippen molar-refractivity contribution in [1.82, 2.24) is 14.5 Å². The summed E-state index contributed by atoms with van der Waals surface area (Å²) in [7, 11) is -3.72. The third kappa shape index (κ3) is 5.06. The lowest BCUT2D eigenvalue weighted by Crippen LogP contribution is -2.12. The normalized spacial score (nSPS) is 11.2. The highest BCUT2D eigenvalue weighted by Gasteiger charge is 2.14. The van der Waals surface area contributed by atoms with Gasteiger partial charge in [0, 0.05) is 24.1 Å². The first-order valence-corrected chi connectivity index (χ1v) is 11.4. The zero-order chi connectivity index (χ0) is 22.6. The lowest BCUT2D eigenvalue weighted by molar-refractivity contribution is 0.340. The molecule has 0 spiro atoms. The zero-order valence-electron chi connectivity index (χ0n) is 17.6. The Bertz CT molecular complexity index is 1290. The molecule has 1 N–H and O–H groups in total. The largest absolute Gasteiger partial charge is 0.494 e.